The molecule has 0 aliphatic carbocycles. The van der Waals surface area contributed by atoms with E-state index in [0.29, 0.717) is 19.6 Å². The average molecular weight is 431 g/mol. The molecule has 1 saturated heterocycles. The molecule has 32 heavy (non-hydrogen) atoms. The molecule has 6 heteroatoms. The Labute approximate surface area is 189 Å². The summed E-state index contributed by atoms with van der Waals surface area (Å²) >= 11 is 0. The van der Waals surface area contributed by atoms with Crippen LogP contribution in [0.2, 0.25) is 0 Å². The molecule has 2 aromatic carbocycles. The quantitative estimate of drug-likeness (QED) is 0.567. The van der Waals surface area contributed by atoms with Gasteiger partial charge in [-0.2, -0.15) is 0 Å². The van der Waals surface area contributed by atoms with Gasteiger partial charge in [0.1, 0.15) is 11.4 Å². The molecule has 1 aromatic heterocycles. The molecule has 6 nitrogen and oxygen atoms in total. The third-order valence-corrected chi connectivity index (χ3v) is 5.33. The molecule has 1 aliphatic heterocycles. The Morgan fingerprint density at radius 3 is 2.09 bits per heavy atom. The zero-order valence-electron chi connectivity index (χ0n) is 19.0. The van der Waals surface area contributed by atoms with Gasteiger partial charge in [-0.3, -0.25) is 4.98 Å². The number of aromatic nitrogens is 2. The number of anilines is 1. The van der Waals surface area contributed by atoms with Gasteiger partial charge in [-0.15, -0.1) is 0 Å². The molecule has 1 aliphatic rings. The fourth-order valence-electron chi connectivity index (χ4n) is 3.79. The van der Waals surface area contributed by atoms with Gasteiger partial charge >= 0.3 is 6.09 Å². The molecule has 0 spiro atoms. The first-order chi connectivity index (χ1) is 15.4. The summed E-state index contributed by atoms with van der Waals surface area (Å²) in [5.74, 6) is 0.828. The van der Waals surface area contributed by atoms with E-state index in [9.17, 15) is 4.79 Å². The van der Waals surface area contributed by atoms with E-state index in [4.69, 9.17) is 14.7 Å². The van der Waals surface area contributed by atoms with Crippen molar-refractivity contribution in [1.82, 2.24) is 14.9 Å². The predicted octanol–water partition coefficient (Wildman–Crippen LogP) is 5.26. The lowest BCUT2D eigenvalue weighted by Gasteiger charge is -2.26. The second kappa shape index (κ2) is 9.39. The number of hydrogen-bond acceptors (Lipinski definition) is 5. The summed E-state index contributed by atoms with van der Waals surface area (Å²) < 4.78 is 5.56. The molecular formula is C26H30N4O2. The van der Waals surface area contributed by atoms with Crippen LogP contribution in [0, 0.1) is 0 Å². The van der Waals surface area contributed by atoms with Crippen LogP contribution in [0.4, 0.5) is 10.6 Å². The third-order valence-electron chi connectivity index (χ3n) is 5.33. The molecule has 3 aromatic rings. The van der Waals surface area contributed by atoms with E-state index in [1.807, 2.05) is 63.4 Å². The van der Waals surface area contributed by atoms with Crippen molar-refractivity contribution in [1.29, 1.82) is 0 Å². The van der Waals surface area contributed by atoms with Crippen molar-refractivity contribution >= 4 is 11.9 Å². The summed E-state index contributed by atoms with van der Waals surface area (Å²) in [6.45, 7) is 8.45. The highest BCUT2D eigenvalue weighted by Crippen LogP contribution is 2.30. The van der Waals surface area contributed by atoms with Crippen LogP contribution in [0.3, 0.4) is 0 Å². The highest BCUT2D eigenvalue weighted by atomic mass is 16.6. The summed E-state index contributed by atoms with van der Waals surface area (Å²) in [6, 6.07) is 20.3. The Bertz CT molecular complexity index is 1050. The highest BCUT2D eigenvalue weighted by molar-refractivity contribution is 5.78. The highest BCUT2D eigenvalue weighted by Gasteiger charge is 2.25. The van der Waals surface area contributed by atoms with E-state index in [2.05, 4.69) is 29.2 Å². The number of rotatable bonds is 3. The van der Waals surface area contributed by atoms with Crippen molar-refractivity contribution in [2.75, 3.05) is 31.1 Å². The molecule has 1 fully saturated rings. The normalized spacial score (nSPS) is 14.7. The van der Waals surface area contributed by atoms with Gasteiger partial charge in [-0.25, -0.2) is 9.78 Å². The minimum atomic E-state index is -0.494. The lowest BCUT2D eigenvalue weighted by Crippen LogP contribution is -2.39. The maximum Gasteiger partial charge on any atom is 0.410 e. The van der Waals surface area contributed by atoms with Crippen LogP contribution in [0.5, 0.6) is 0 Å². The lowest BCUT2D eigenvalue weighted by atomic mass is 10.0. The average Bonchev–Trinajstić information content (AvgIpc) is 3.05. The van der Waals surface area contributed by atoms with Crippen LogP contribution in [-0.4, -0.2) is 52.7 Å². The Morgan fingerprint density at radius 2 is 1.47 bits per heavy atom. The number of carbonyl (C=O) groups excluding carboxylic acids is 1. The Kier molecular flexibility index (Phi) is 6.40. The summed E-state index contributed by atoms with van der Waals surface area (Å²) in [6.07, 6.45) is 2.44. The monoisotopic (exact) mass is 430 g/mol. The molecule has 0 radical (unpaired) electrons. The molecular weight excluding hydrogens is 400 g/mol. The molecule has 0 bridgehead atoms. The largest absolute Gasteiger partial charge is 0.444 e. The molecule has 1 amide bonds. The third kappa shape index (κ3) is 5.25. The van der Waals surface area contributed by atoms with Gasteiger partial charge in [0.25, 0.3) is 0 Å². The van der Waals surface area contributed by atoms with Crippen LogP contribution < -0.4 is 4.90 Å². The minimum Gasteiger partial charge on any atom is -0.444 e. The van der Waals surface area contributed by atoms with E-state index in [1.165, 1.54) is 0 Å². The lowest BCUT2D eigenvalue weighted by molar-refractivity contribution is 0.0263. The van der Waals surface area contributed by atoms with Crippen LogP contribution in [0.25, 0.3) is 22.5 Å². The van der Waals surface area contributed by atoms with Gasteiger partial charge in [0.2, 0.25) is 0 Å². The zero-order chi connectivity index (χ0) is 22.6. The maximum absolute atomic E-state index is 12.5. The first kappa shape index (κ1) is 21.8. The Hall–Kier alpha value is -3.41. The first-order valence-corrected chi connectivity index (χ1v) is 11.1. The molecule has 0 atom stereocenters. The first-order valence-electron chi connectivity index (χ1n) is 11.1. The van der Waals surface area contributed by atoms with E-state index in [0.717, 1.165) is 41.3 Å². The van der Waals surface area contributed by atoms with Crippen LogP contribution in [0.1, 0.15) is 27.2 Å². The summed E-state index contributed by atoms with van der Waals surface area (Å²) in [4.78, 5) is 26.4. The van der Waals surface area contributed by atoms with Gasteiger partial charge in [-0.05, 0) is 27.2 Å². The molecule has 0 N–H and O–H groups in total. The number of amides is 1. The molecule has 4 rings (SSSR count). The smallest absolute Gasteiger partial charge is 0.410 e. The van der Waals surface area contributed by atoms with Crippen LogP contribution >= 0.6 is 0 Å². The van der Waals surface area contributed by atoms with E-state index >= 15 is 0 Å². The van der Waals surface area contributed by atoms with Gasteiger partial charge in [0.05, 0.1) is 17.6 Å². The molecule has 166 valence electrons. The number of nitrogens with zero attached hydrogens (tertiary/aromatic N) is 4. The standard InChI is InChI=1S/C26H30N4O2/c1-26(2,3)32-25(31)30-16-10-15-29(17-18-30)22-19-27-23(20-11-6-4-7-12-20)24(28-22)21-13-8-5-9-14-21/h4-9,11-14,19H,10,15-18H2,1-3H3. The predicted molar refractivity (Wildman–Crippen MR) is 128 cm³/mol. The molecule has 0 unspecified atom stereocenters. The number of ether oxygens (including phenoxy) is 1. The van der Waals surface area contributed by atoms with Gasteiger partial charge in [-0.1, -0.05) is 60.7 Å². The molecule has 0 saturated carbocycles. The topological polar surface area (TPSA) is 58.6 Å². The Balaban J connectivity index is 1.60. The van der Waals surface area contributed by atoms with E-state index < -0.39 is 5.60 Å². The van der Waals surface area contributed by atoms with Gasteiger partial charge in [0.15, 0.2) is 0 Å². The van der Waals surface area contributed by atoms with Crippen molar-refractivity contribution < 1.29 is 9.53 Å². The van der Waals surface area contributed by atoms with Crippen LogP contribution in [-0.2, 0) is 4.74 Å². The van der Waals surface area contributed by atoms with Crippen molar-refractivity contribution in [2.45, 2.75) is 32.8 Å². The number of hydrogen-bond donors (Lipinski definition) is 0. The fourth-order valence-corrected chi connectivity index (χ4v) is 3.79. The second-order valence-corrected chi connectivity index (χ2v) is 8.97. The second-order valence-electron chi connectivity index (χ2n) is 8.97. The van der Waals surface area contributed by atoms with Crippen molar-refractivity contribution in [3.63, 3.8) is 0 Å². The van der Waals surface area contributed by atoms with Crippen LogP contribution in [0.15, 0.2) is 66.9 Å². The SMILES string of the molecule is CC(C)(C)OC(=O)N1CCCN(c2cnc(-c3ccccc3)c(-c3ccccc3)n2)CC1. The van der Waals surface area contributed by atoms with E-state index in [1.54, 1.807) is 4.90 Å². The fraction of sp³-hybridized carbons (Fsp3) is 0.346. The summed E-state index contributed by atoms with van der Waals surface area (Å²) in [5.41, 5.74) is 3.31. The van der Waals surface area contributed by atoms with Crippen molar-refractivity contribution in [2.24, 2.45) is 0 Å². The van der Waals surface area contributed by atoms with Crippen molar-refractivity contribution in [3.8, 4) is 22.5 Å². The number of benzene rings is 2. The van der Waals surface area contributed by atoms with Crippen molar-refractivity contribution in [3.05, 3.63) is 66.9 Å². The molecule has 2 heterocycles. The van der Waals surface area contributed by atoms with Gasteiger partial charge < -0.3 is 14.5 Å². The summed E-state index contributed by atoms with van der Waals surface area (Å²) in [5, 5.41) is 0. The maximum atomic E-state index is 12.5. The van der Waals surface area contributed by atoms with E-state index in [-0.39, 0.29) is 6.09 Å². The minimum absolute atomic E-state index is 0.255. The summed E-state index contributed by atoms with van der Waals surface area (Å²) in [7, 11) is 0. The van der Waals surface area contributed by atoms with Gasteiger partial charge in [0, 0.05) is 37.3 Å². The Morgan fingerprint density at radius 1 is 0.844 bits per heavy atom. The zero-order valence-corrected chi connectivity index (χ0v) is 19.0. The number of carbonyl (C=O) groups is 1.